The number of rotatable bonds is 10. The molecule has 29 heavy (non-hydrogen) atoms. The Morgan fingerprint density at radius 2 is 1.86 bits per heavy atom. The number of likely N-dealkylation sites (N-methyl/N-ethyl adjacent to an activating group) is 1. The number of aromatic nitrogens is 1. The van der Waals surface area contributed by atoms with Crippen LogP contribution in [0.15, 0.2) is 59.0 Å². The maximum atomic E-state index is 10.9. The zero-order chi connectivity index (χ0) is 20.6. The molecule has 1 heterocycles. The number of hydrogen-bond acceptors (Lipinski definition) is 5. The highest BCUT2D eigenvalue weighted by Crippen LogP contribution is 2.22. The van der Waals surface area contributed by atoms with Crippen LogP contribution in [0.4, 0.5) is 0 Å². The number of nitrogens with zero attached hydrogens (tertiary/aromatic N) is 2. The largest absolute Gasteiger partial charge is 0.493 e. The third-order valence-electron chi connectivity index (χ3n) is 4.66. The third-order valence-corrected chi connectivity index (χ3v) is 4.66. The second kappa shape index (κ2) is 9.89. The van der Waals surface area contributed by atoms with E-state index in [0.29, 0.717) is 32.0 Å². The summed E-state index contributed by atoms with van der Waals surface area (Å²) in [6.45, 7) is 5.70. The van der Waals surface area contributed by atoms with E-state index in [2.05, 4.69) is 4.98 Å². The minimum absolute atomic E-state index is 0.0385. The molecule has 2 aromatic carbocycles. The van der Waals surface area contributed by atoms with Gasteiger partial charge in [-0.3, -0.25) is 9.69 Å². The summed E-state index contributed by atoms with van der Waals surface area (Å²) in [5.74, 6) is 1.40. The Balaban J connectivity index is 1.52. The number of carboxylic acid groups (broad SMARTS) is 1. The van der Waals surface area contributed by atoms with Crippen LogP contribution in [0.2, 0.25) is 0 Å². The first-order chi connectivity index (χ1) is 14.0. The SMILES string of the molecule is CCN(CC(=O)O)Cc1ccc(OCCc2nc(-c3ccccc3)oc2C)cc1. The van der Waals surface area contributed by atoms with E-state index < -0.39 is 5.97 Å². The fraction of sp³-hybridized carbons (Fsp3) is 0.304. The van der Waals surface area contributed by atoms with Gasteiger partial charge in [0.05, 0.1) is 18.8 Å². The summed E-state index contributed by atoms with van der Waals surface area (Å²) in [6, 6.07) is 17.6. The molecule has 1 aromatic heterocycles. The summed E-state index contributed by atoms with van der Waals surface area (Å²) < 4.78 is 11.6. The molecular weight excluding hydrogens is 368 g/mol. The predicted octanol–water partition coefficient (Wildman–Crippen LogP) is 4.18. The van der Waals surface area contributed by atoms with Crippen molar-refractivity contribution in [2.45, 2.75) is 26.8 Å². The first-order valence-corrected chi connectivity index (χ1v) is 9.72. The second-order valence-electron chi connectivity index (χ2n) is 6.83. The van der Waals surface area contributed by atoms with Crippen LogP contribution in [0.5, 0.6) is 5.75 Å². The molecule has 3 aromatic rings. The first kappa shape index (κ1) is 20.6. The van der Waals surface area contributed by atoms with Gasteiger partial charge in [-0.25, -0.2) is 4.98 Å². The topological polar surface area (TPSA) is 75.8 Å². The van der Waals surface area contributed by atoms with E-state index >= 15 is 0 Å². The van der Waals surface area contributed by atoms with Crippen molar-refractivity contribution in [1.82, 2.24) is 9.88 Å². The fourth-order valence-electron chi connectivity index (χ4n) is 3.05. The minimum Gasteiger partial charge on any atom is -0.493 e. The summed E-state index contributed by atoms with van der Waals surface area (Å²) in [7, 11) is 0. The van der Waals surface area contributed by atoms with Gasteiger partial charge < -0.3 is 14.3 Å². The smallest absolute Gasteiger partial charge is 0.317 e. The maximum absolute atomic E-state index is 10.9. The molecule has 3 rings (SSSR count). The van der Waals surface area contributed by atoms with E-state index in [-0.39, 0.29) is 6.54 Å². The number of oxazole rings is 1. The first-order valence-electron chi connectivity index (χ1n) is 9.72. The van der Waals surface area contributed by atoms with Crippen molar-refractivity contribution in [3.63, 3.8) is 0 Å². The maximum Gasteiger partial charge on any atom is 0.317 e. The number of aryl methyl sites for hydroxylation is 1. The Morgan fingerprint density at radius 3 is 2.52 bits per heavy atom. The van der Waals surface area contributed by atoms with E-state index in [4.69, 9.17) is 14.3 Å². The van der Waals surface area contributed by atoms with Crippen molar-refractivity contribution in [3.8, 4) is 17.2 Å². The molecule has 1 N–H and O–H groups in total. The zero-order valence-corrected chi connectivity index (χ0v) is 16.8. The molecule has 0 spiro atoms. The molecule has 152 valence electrons. The average Bonchev–Trinajstić information content (AvgIpc) is 3.10. The van der Waals surface area contributed by atoms with Crippen molar-refractivity contribution in [1.29, 1.82) is 0 Å². The molecular formula is C23H26N2O4. The molecule has 0 saturated heterocycles. The summed E-state index contributed by atoms with van der Waals surface area (Å²) in [5.41, 5.74) is 2.91. The molecule has 0 saturated carbocycles. The van der Waals surface area contributed by atoms with Gasteiger partial charge in [-0.15, -0.1) is 0 Å². The lowest BCUT2D eigenvalue weighted by Crippen LogP contribution is -2.28. The molecule has 0 aliphatic heterocycles. The van der Waals surface area contributed by atoms with Gasteiger partial charge in [-0.05, 0) is 43.3 Å². The summed E-state index contributed by atoms with van der Waals surface area (Å²) >= 11 is 0. The van der Waals surface area contributed by atoms with E-state index in [1.807, 2.05) is 73.3 Å². The van der Waals surface area contributed by atoms with Gasteiger partial charge in [-0.1, -0.05) is 37.3 Å². The lowest BCUT2D eigenvalue weighted by Gasteiger charge is -2.18. The highest BCUT2D eigenvalue weighted by atomic mass is 16.5. The number of benzene rings is 2. The van der Waals surface area contributed by atoms with E-state index in [0.717, 1.165) is 28.3 Å². The Labute approximate surface area is 170 Å². The molecule has 0 radical (unpaired) electrons. The molecule has 0 bridgehead atoms. The molecule has 6 heteroatoms. The second-order valence-corrected chi connectivity index (χ2v) is 6.83. The van der Waals surface area contributed by atoms with Gasteiger partial charge in [0.1, 0.15) is 11.5 Å². The Kier molecular flexibility index (Phi) is 7.03. The Bertz CT molecular complexity index is 920. The van der Waals surface area contributed by atoms with Crippen LogP contribution >= 0.6 is 0 Å². The van der Waals surface area contributed by atoms with Crippen molar-refractivity contribution >= 4 is 5.97 Å². The molecule has 0 aliphatic carbocycles. The van der Waals surface area contributed by atoms with E-state index in [9.17, 15) is 4.79 Å². The van der Waals surface area contributed by atoms with Crippen LogP contribution < -0.4 is 4.74 Å². The van der Waals surface area contributed by atoms with E-state index in [1.165, 1.54) is 0 Å². The number of carboxylic acids is 1. The van der Waals surface area contributed by atoms with Gasteiger partial charge in [0, 0.05) is 18.5 Å². The third kappa shape index (κ3) is 5.93. The quantitative estimate of drug-likeness (QED) is 0.556. The molecule has 0 aliphatic rings. The van der Waals surface area contributed by atoms with Crippen molar-refractivity contribution < 1.29 is 19.1 Å². The lowest BCUT2D eigenvalue weighted by molar-refractivity contribution is -0.138. The number of carbonyl (C=O) groups is 1. The van der Waals surface area contributed by atoms with E-state index in [1.54, 1.807) is 0 Å². The van der Waals surface area contributed by atoms with Crippen LogP contribution in [0, 0.1) is 6.92 Å². The zero-order valence-electron chi connectivity index (χ0n) is 16.8. The molecule has 6 nitrogen and oxygen atoms in total. The van der Waals surface area contributed by atoms with Gasteiger partial charge in [0.2, 0.25) is 5.89 Å². The highest BCUT2D eigenvalue weighted by molar-refractivity contribution is 5.69. The number of hydrogen-bond donors (Lipinski definition) is 1. The summed E-state index contributed by atoms with van der Waals surface area (Å²) in [5, 5.41) is 8.94. The molecule has 0 fully saturated rings. The fourth-order valence-corrected chi connectivity index (χ4v) is 3.05. The minimum atomic E-state index is -0.814. The molecule has 0 atom stereocenters. The molecule has 0 unspecified atom stereocenters. The Hall–Kier alpha value is -3.12. The van der Waals surface area contributed by atoms with Crippen LogP contribution in [-0.4, -0.2) is 40.7 Å². The van der Waals surface area contributed by atoms with Crippen LogP contribution in [0.25, 0.3) is 11.5 Å². The lowest BCUT2D eigenvalue weighted by atomic mass is 10.2. The highest BCUT2D eigenvalue weighted by Gasteiger charge is 2.11. The van der Waals surface area contributed by atoms with Crippen molar-refractivity contribution in [3.05, 3.63) is 71.6 Å². The van der Waals surface area contributed by atoms with Crippen molar-refractivity contribution in [2.24, 2.45) is 0 Å². The predicted molar refractivity (Wildman–Crippen MR) is 111 cm³/mol. The van der Waals surface area contributed by atoms with Gasteiger partial charge >= 0.3 is 5.97 Å². The van der Waals surface area contributed by atoms with Gasteiger partial charge in [-0.2, -0.15) is 0 Å². The standard InChI is InChI=1S/C23H26N2O4/c1-3-25(16-22(26)27)15-18-9-11-20(12-10-18)28-14-13-21-17(2)29-23(24-21)19-7-5-4-6-8-19/h4-12H,3,13-16H2,1-2H3,(H,26,27). The molecule has 0 amide bonds. The van der Waals surface area contributed by atoms with Crippen LogP contribution in [0.1, 0.15) is 23.9 Å². The number of aliphatic carboxylic acids is 1. The average molecular weight is 394 g/mol. The summed E-state index contributed by atoms with van der Waals surface area (Å²) in [6.07, 6.45) is 0.659. The Morgan fingerprint density at radius 1 is 1.14 bits per heavy atom. The number of ether oxygens (including phenoxy) is 1. The summed E-state index contributed by atoms with van der Waals surface area (Å²) in [4.78, 5) is 17.3. The van der Waals surface area contributed by atoms with Crippen LogP contribution in [0.3, 0.4) is 0 Å². The normalized spacial score (nSPS) is 11.0. The van der Waals surface area contributed by atoms with Gasteiger partial charge in [0.25, 0.3) is 0 Å². The van der Waals surface area contributed by atoms with Gasteiger partial charge in [0.15, 0.2) is 0 Å². The van der Waals surface area contributed by atoms with Crippen LogP contribution in [-0.2, 0) is 17.8 Å². The monoisotopic (exact) mass is 394 g/mol. The van der Waals surface area contributed by atoms with Crippen molar-refractivity contribution in [2.75, 3.05) is 19.7 Å².